The van der Waals surface area contributed by atoms with E-state index < -0.39 is 12.3 Å². The van der Waals surface area contributed by atoms with E-state index >= 15 is 0 Å². The summed E-state index contributed by atoms with van der Waals surface area (Å²) in [5.74, 6) is 0. The summed E-state index contributed by atoms with van der Waals surface area (Å²) in [5, 5.41) is 0. The third kappa shape index (κ3) is 3.42. The SMILES string of the molecule is FC(F)(F)C(F)(F)ONCc1ccccc1. The van der Waals surface area contributed by atoms with Crippen LogP contribution in [0.15, 0.2) is 30.3 Å². The molecule has 0 fully saturated rings. The minimum absolute atomic E-state index is 0.244. The van der Waals surface area contributed by atoms with Crippen molar-refractivity contribution in [2.75, 3.05) is 0 Å². The fourth-order valence-electron chi connectivity index (χ4n) is 0.864. The van der Waals surface area contributed by atoms with Crippen molar-refractivity contribution >= 4 is 0 Å². The highest BCUT2D eigenvalue weighted by Crippen LogP contribution is 2.35. The van der Waals surface area contributed by atoms with Gasteiger partial charge in [-0.3, -0.25) is 0 Å². The van der Waals surface area contributed by atoms with Crippen LogP contribution >= 0.6 is 0 Å². The highest BCUT2D eigenvalue weighted by molar-refractivity contribution is 5.13. The van der Waals surface area contributed by atoms with Crippen molar-refractivity contribution in [3.63, 3.8) is 0 Å². The standard InChI is InChI=1S/C9H8F5NO/c10-8(11,12)9(13,14)16-15-6-7-4-2-1-3-5-7/h1-5,15H,6H2. The van der Waals surface area contributed by atoms with E-state index in [1.54, 1.807) is 35.8 Å². The average Bonchev–Trinajstić information content (AvgIpc) is 2.17. The molecule has 2 nitrogen and oxygen atoms in total. The summed E-state index contributed by atoms with van der Waals surface area (Å²) in [5.41, 5.74) is 2.11. The average molecular weight is 241 g/mol. The predicted molar refractivity (Wildman–Crippen MR) is 45.4 cm³/mol. The highest BCUT2D eigenvalue weighted by atomic mass is 19.4. The van der Waals surface area contributed by atoms with Crippen molar-refractivity contribution in [3.8, 4) is 0 Å². The zero-order valence-electron chi connectivity index (χ0n) is 7.89. The lowest BCUT2D eigenvalue weighted by Gasteiger charge is -2.19. The fourth-order valence-corrected chi connectivity index (χ4v) is 0.864. The molecule has 0 saturated carbocycles. The molecule has 0 radical (unpaired) electrons. The number of halogens is 5. The monoisotopic (exact) mass is 241 g/mol. The molecule has 0 amide bonds. The van der Waals surface area contributed by atoms with Gasteiger partial charge in [-0.05, 0) is 5.56 Å². The lowest BCUT2D eigenvalue weighted by atomic mass is 10.2. The summed E-state index contributed by atoms with van der Waals surface area (Å²) in [4.78, 5) is 3.29. The Kier molecular flexibility index (Phi) is 3.82. The summed E-state index contributed by atoms with van der Waals surface area (Å²) in [6.45, 7) is -0.244. The first-order valence-electron chi connectivity index (χ1n) is 4.22. The Morgan fingerprint density at radius 3 is 2.06 bits per heavy atom. The molecule has 1 N–H and O–H groups in total. The van der Waals surface area contributed by atoms with Gasteiger partial charge in [-0.15, -0.1) is 0 Å². The van der Waals surface area contributed by atoms with Crippen LogP contribution in [0, 0.1) is 0 Å². The molecule has 0 aromatic heterocycles. The second-order valence-corrected chi connectivity index (χ2v) is 2.92. The Labute approximate surface area is 88.0 Å². The molecule has 0 unspecified atom stereocenters. The maximum atomic E-state index is 12.2. The van der Waals surface area contributed by atoms with Crippen LogP contribution in [0.5, 0.6) is 0 Å². The van der Waals surface area contributed by atoms with E-state index in [-0.39, 0.29) is 6.54 Å². The van der Waals surface area contributed by atoms with Crippen molar-refractivity contribution in [1.29, 1.82) is 0 Å². The maximum Gasteiger partial charge on any atom is 0.484 e. The second kappa shape index (κ2) is 4.75. The Morgan fingerprint density at radius 2 is 1.56 bits per heavy atom. The zero-order chi connectivity index (χ0) is 12.2. The molecular weight excluding hydrogens is 233 g/mol. The number of hydrogen-bond donors (Lipinski definition) is 1. The van der Waals surface area contributed by atoms with E-state index in [2.05, 4.69) is 4.84 Å². The van der Waals surface area contributed by atoms with Gasteiger partial charge in [-0.2, -0.15) is 27.4 Å². The van der Waals surface area contributed by atoms with E-state index in [1.807, 2.05) is 0 Å². The van der Waals surface area contributed by atoms with Crippen LogP contribution in [0.3, 0.4) is 0 Å². The van der Waals surface area contributed by atoms with Crippen LogP contribution in [0.2, 0.25) is 0 Å². The van der Waals surface area contributed by atoms with Gasteiger partial charge < -0.3 is 0 Å². The number of hydroxylamine groups is 1. The molecular formula is C9H8F5NO. The number of rotatable bonds is 4. The lowest BCUT2D eigenvalue weighted by molar-refractivity contribution is -0.408. The van der Waals surface area contributed by atoms with Gasteiger partial charge in [0.05, 0.1) is 0 Å². The Balaban J connectivity index is 2.42. The van der Waals surface area contributed by atoms with Gasteiger partial charge in [-0.25, -0.2) is 4.84 Å². The molecule has 1 rings (SSSR count). The molecule has 90 valence electrons. The molecule has 0 heterocycles. The van der Waals surface area contributed by atoms with Gasteiger partial charge in [0.15, 0.2) is 0 Å². The third-order valence-electron chi connectivity index (χ3n) is 1.65. The number of hydrogen-bond acceptors (Lipinski definition) is 2. The molecule has 16 heavy (non-hydrogen) atoms. The summed E-state index contributed by atoms with van der Waals surface area (Å²) >= 11 is 0. The van der Waals surface area contributed by atoms with E-state index in [9.17, 15) is 22.0 Å². The smallest absolute Gasteiger partial charge is 0.225 e. The van der Waals surface area contributed by atoms with E-state index in [0.29, 0.717) is 5.56 Å². The molecule has 0 aliphatic carbocycles. The van der Waals surface area contributed by atoms with E-state index in [1.165, 1.54) is 0 Å². The first kappa shape index (κ1) is 12.9. The molecule has 0 bridgehead atoms. The van der Waals surface area contributed by atoms with Gasteiger partial charge in [0.2, 0.25) is 0 Å². The molecule has 0 atom stereocenters. The van der Waals surface area contributed by atoms with Gasteiger partial charge in [0.25, 0.3) is 0 Å². The lowest BCUT2D eigenvalue weighted by Crippen LogP contribution is -2.42. The van der Waals surface area contributed by atoms with Crippen LogP contribution in [-0.2, 0) is 11.4 Å². The van der Waals surface area contributed by atoms with Gasteiger partial charge in [-0.1, -0.05) is 30.3 Å². The van der Waals surface area contributed by atoms with Crippen molar-refractivity contribution in [2.45, 2.75) is 18.8 Å². The Morgan fingerprint density at radius 1 is 1.00 bits per heavy atom. The largest absolute Gasteiger partial charge is 0.484 e. The highest BCUT2D eigenvalue weighted by Gasteiger charge is 2.60. The van der Waals surface area contributed by atoms with Crippen molar-refractivity contribution in [2.24, 2.45) is 0 Å². The molecule has 1 aromatic rings. The Hall–Kier alpha value is -1.21. The quantitative estimate of drug-likeness (QED) is 0.646. The minimum atomic E-state index is -5.73. The number of alkyl halides is 5. The molecule has 0 spiro atoms. The van der Waals surface area contributed by atoms with Crippen LogP contribution < -0.4 is 5.48 Å². The first-order valence-corrected chi connectivity index (χ1v) is 4.22. The fraction of sp³-hybridized carbons (Fsp3) is 0.333. The predicted octanol–water partition coefficient (Wildman–Crippen LogP) is 2.86. The number of nitrogens with one attached hydrogen (secondary N) is 1. The number of benzene rings is 1. The molecule has 0 saturated heterocycles. The zero-order valence-corrected chi connectivity index (χ0v) is 7.89. The normalized spacial score (nSPS) is 12.8. The molecule has 0 aliphatic heterocycles. The topological polar surface area (TPSA) is 21.3 Å². The van der Waals surface area contributed by atoms with Crippen LogP contribution in [0.1, 0.15) is 5.56 Å². The van der Waals surface area contributed by atoms with E-state index in [0.717, 1.165) is 0 Å². The van der Waals surface area contributed by atoms with Crippen molar-refractivity contribution in [1.82, 2.24) is 5.48 Å². The summed E-state index contributed by atoms with van der Waals surface area (Å²) in [6.07, 6.45) is -10.9. The van der Waals surface area contributed by atoms with Gasteiger partial charge in [0.1, 0.15) is 0 Å². The molecule has 7 heteroatoms. The second-order valence-electron chi connectivity index (χ2n) is 2.92. The maximum absolute atomic E-state index is 12.2. The van der Waals surface area contributed by atoms with Crippen molar-refractivity contribution in [3.05, 3.63) is 35.9 Å². The van der Waals surface area contributed by atoms with Crippen LogP contribution in [0.25, 0.3) is 0 Å². The van der Waals surface area contributed by atoms with E-state index in [4.69, 9.17) is 0 Å². The summed E-state index contributed by atoms with van der Waals surface area (Å²) in [7, 11) is 0. The van der Waals surface area contributed by atoms with Gasteiger partial charge in [0, 0.05) is 6.54 Å². The Bertz CT molecular complexity index is 324. The first-order chi connectivity index (χ1) is 7.33. The summed E-state index contributed by atoms with van der Waals surface area (Å²) in [6, 6.07) is 8.05. The molecule has 1 aromatic carbocycles. The molecule has 0 aliphatic rings. The summed E-state index contributed by atoms with van der Waals surface area (Å²) < 4.78 is 59.4. The van der Waals surface area contributed by atoms with Gasteiger partial charge >= 0.3 is 12.3 Å². The van der Waals surface area contributed by atoms with Crippen LogP contribution in [0.4, 0.5) is 22.0 Å². The minimum Gasteiger partial charge on any atom is -0.225 e. The van der Waals surface area contributed by atoms with Crippen molar-refractivity contribution < 1.29 is 26.8 Å². The van der Waals surface area contributed by atoms with Crippen LogP contribution in [-0.4, -0.2) is 12.3 Å². The third-order valence-corrected chi connectivity index (χ3v) is 1.65.